The molecule has 2 aromatic carbocycles. The summed E-state index contributed by atoms with van der Waals surface area (Å²) in [5.74, 6) is -2.92. The van der Waals surface area contributed by atoms with Crippen LogP contribution in [0.2, 0.25) is 0 Å². The van der Waals surface area contributed by atoms with Crippen molar-refractivity contribution in [2.24, 2.45) is 5.92 Å². The molecule has 2 atom stereocenters. The minimum absolute atomic E-state index is 0.264. The van der Waals surface area contributed by atoms with E-state index in [4.69, 9.17) is 0 Å². The topological polar surface area (TPSA) is 74.8 Å². The van der Waals surface area contributed by atoms with Crippen molar-refractivity contribution in [1.82, 2.24) is 4.90 Å². The number of rotatable bonds is 4. The van der Waals surface area contributed by atoms with Gasteiger partial charge in [0.05, 0.1) is 0 Å². The van der Waals surface area contributed by atoms with E-state index in [1.807, 2.05) is 0 Å². The van der Waals surface area contributed by atoms with Gasteiger partial charge in [0.15, 0.2) is 11.6 Å². The Kier molecular flexibility index (Phi) is 4.65. The first-order chi connectivity index (χ1) is 14.3. The molecule has 2 unspecified atom stereocenters. The second kappa shape index (κ2) is 7.06. The molecule has 2 amide bonds. The Morgan fingerprint density at radius 2 is 1.57 bits per heavy atom. The zero-order valence-corrected chi connectivity index (χ0v) is 17.1. The van der Waals surface area contributed by atoms with Crippen LogP contribution in [0.1, 0.15) is 29.3 Å². The number of likely N-dealkylation sites (N-methyl/N-ethyl adjacent to an activating group) is 1. The fraction of sp³-hybridized carbons (Fsp3) is 0.250. The molecular weight excluding hydrogens is 380 g/mol. The number of anilines is 1. The third-order valence-electron chi connectivity index (χ3n) is 6.20. The summed E-state index contributed by atoms with van der Waals surface area (Å²) in [5.41, 5.74) is 0.510. The summed E-state index contributed by atoms with van der Waals surface area (Å²) in [4.78, 5) is 56.2. The summed E-state index contributed by atoms with van der Waals surface area (Å²) < 4.78 is 0. The molecule has 0 saturated heterocycles. The largest absolute Gasteiger partial charge is 0.319 e. The summed E-state index contributed by atoms with van der Waals surface area (Å²) in [7, 11) is 3.19. The van der Waals surface area contributed by atoms with Crippen molar-refractivity contribution in [1.29, 1.82) is 0 Å². The van der Waals surface area contributed by atoms with Gasteiger partial charge in [0.2, 0.25) is 11.8 Å². The van der Waals surface area contributed by atoms with E-state index in [1.165, 1.54) is 15.9 Å². The number of para-hydroxylation sites is 1. The molecule has 0 fully saturated rings. The average molecular weight is 402 g/mol. The molecule has 6 heteroatoms. The van der Waals surface area contributed by atoms with E-state index in [2.05, 4.69) is 0 Å². The molecule has 2 heterocycles. The van der Waals surface area contributed by atoms with E-state index in [0.717, 1.165) is 0 Å². The summed E-state index contributed by atoms with van der Waals surface area (Å²) in [6.07, 6.45) is 1.12. The lowest BCUT2D eigenvalue weighted by atomic mass is 9.64. The molecule has 0 aliphatic carbocycles. The highest BCUT2D eigenvalue weighted by molar-refractivity contribution is 6.21. The smallest absolute Gasteiger partial charge is 0.239 e. The Bertz CT molecular complexity index is 1110. The molecule has 0 N–H and O–H groups in total. The first-order valence-electron chi connectivity index (χ1n) is 9.74. The fourth-order valence-corrected chi connectivity index (χ4v) is 4.53. The third-order valence-corrected chi connectivity index (χ3v) is 6.20. The van der Waals surface area contributed by atoms with Crippen LogP contribution < -0.4 is 4.90 Å². The van der Waals surface area contributed by atoms with Crippen LogP contribution >= 0.6 is 0 Å². The van der Waals surface area contributed by atoms with Crippen LogP contribution in [0.3, 0.4) is 0 Å². The number of carbonyl (C=O) groups excluding carboxylic acids is 4. The Balaban J connectivity index is 1.93. The molecule has 2 aromatic rings. The number of fused-ring (bicyclic) bond motifs is 1. The van der Waals surface area contributed by atoms with Crippen LogP contribution in [0.25, 0.3) is 0 Å². The highest BCUT2D eigenvalue weighted by Crippen LogP contribution is 2.50. The van der Waals surface area contributed by atoms with Crippen molar-refractivity contribution in [3.8, 4) is 0 Å². The lowest BCUT2D eigenvalue weighted by Gasteiger charge is -2.38. The number of hydrogen-bond donors (Lipinski definition) is 0. The van der Waals surface area contributed by atoms with E-state index < -0.39 is 28.9 Å². The van der Waals surface area contributed by atoms with Gasteiger partial charge in [-0.05, 0) is 18.6 Å². The number of allylic oxidation sites excluding steroid dienone is 2. The lowest BCUT2D eigenvalue weighted by Crippen LogP contribution is -2.56. The quantitative estimate of drug-likeness (QED) is 0.582. The van der Waals surface area contributed by atoms with Crippen LogP contribution in [0, 0.1) is 5.92 Å². The highest BCUT2D eigenvalue weighted by Gasteiger charge is 2.61. The number of benzene rings is 2. The van der Waals surface area contributed by atoms with Crippen molar-refractivity contribution in [2.75, 3.05) is 19.0 Å². The zero-order valence-electron chi connectivity index (χ0n) is 17.1. The second-order valence-electron chi connectivity index (χ2n) is 7.84. The second-order valence-corrected chi connectivity index (χ2v) is 7.84. The highest BCUT2D eigenvalue weighted by atomic mass is 16.2. The van der Waals surface area contributed by atoms with Crippen molar-refractivity contribution >= 4 is 29.1 Å². The predicted molar refractivity (Wildman–Crippen MR) is 112 cm³/mol. The van der Waals surface area contributed by atoms with E-state index in [9.17, 15) is 19.2 Å². The molecule has 0 aromatic heterocycles. The summed E-state index contributed by atoms with van der Waals surface area (Å²) in [6, 6.07) is 15.7. The molecule has 4 rings (SSSR count). The van der Waals surface area contributed by atoms with Crippen LogP contribution in [0.15, 0.2) is 66.4 Å². The SMILES string of the molecule is CC1=CC(=O)C(C2(CC(=O)c3ccccc3)C(=O)N(C)c3ccccc32)C(=O)N1C. The van der Waals surface area contributed by atoms with Crippen molar-refractivity contribution < 1.29 is 19.2 Å². The Hall–Kier alpha value is -3.54. The van der Waals surface area contributed by atoms with Gasteiger partial charge < -0.3 is 9.80 Å². The standard InChI is InChI=1S/C24H22N2O4/c1-15-13-19(27)21(22(29)25(15)2)24(14-20(28)16-9-5-4-6-10-16)17-11-7-8-12-18(17)26(3)23(24)30/h4-13,21H,14H2,1-3H3. The van der Waals surface area contributed by atoms with Gasteiger partial charge in [0.1, 0.15) is 11.3 Å². The number of amides is 2. The summed E-state index contributed by atoms with van der Waals surface area (Å²) >= 11 is 0. The third kappa shape index (κ3) is 2.71. The van der Waals surface area contributed by atoms with Gasteiger partial charge in [-0.3, -0.25) is 19.2 Å². The van der Waals surface area contributed by atoms with Crippen molar-refractivity contribution in [3.63, 3.8) is 0 Å². The molecule has 0 spiro atoms. The zero-order chi connectivity index (χ0) is 21.6. The van der Waals surface area contributed by atoms with Gasteiger partial charge in [-0.2, -0.15) is 0 Å². The van der Waals surface area contributed by atoms with Crippen LogP contribution in [0.4, 0.5) is 5.69 Å². The molecule has 30 heavy (non-hydrogen) atoms. The lowest BCUT2D eigenvalue weighted by molar-refractivity contribution is -0.146. The molecule has 0 saturated carbocycles. The Morgan fingerprint density at radius 1 is 0.933 bits per heavy atom. The Morgan fingerprint density at radius 3 is 2.27 bits per heavy atom. The number of Topliss-reactive ketones (excluding diaryl/α,β-unsaturated/α-hetero) is 1. The minimum atomic E-state index is -1.59. The van der Waals surface area contributed by atoms with E-state index in [0.29, 0.717) is 22.5 Å². The molecule has 2 aliphatic rings. The van der Waals surface area contributed by atoms with Gasteiger partial charge in [0, 0.05) is 43.5 Å². The van der Waals surface area contributed by atoms with Gasteiger partial charge in [-0.25, -0.2) is 0 Å². The van der Waals surface area contributed by atoms with E-state index in [-0.39, 0.29) is 12.2 Å². The fourth-order valence-electron chi connectivity index (χ4n) is 4.53. The number of ketones is 2. The van der Waals surface area contributed by atoms with Gasteiger partial charge in [0.25, 0.3) is 0 Å². The maximum atomic E-state index is 13.7. The molecule has 0 bridgehead atoms. The number of hydrogen-bond acceptors (Lipinski definition) is 4. The van der Waals surface area contributed by atoms with Gasteiger partial charge >= 0.3 is 0 Å². The first kappa shape index (κ1) is 19.8. The molecule has 0 radical (unpaired) electrons. The van der Waals surface area contributed by atoms with Crippen molar-refractivity contribution in [3.05, 3.63) is 77.5 Å². The van der Waals surface area contributed by atoms with E-state index >= 15 is 0 Å². The van der Waals surface area contributed by atoms with E-state index in [1.54, 1.807) is 75.6 Å². The predicted octanol–water partition coefficient (Wildman–Crippen LogP) is 2.73. The number of carbonyl (C=O) groups is 4. The van der Waals surface area contributed by atoms with Gasteiger partial charge in [-0.1, -0.05) is 48.5 Å². The first-order valence-corrected chi connectivity index (χ1v) is 9.74. The minimum Gasteiger partial charge on any atom is -0.319 e. The summed E-state index contributed by atoms with van der Waals surface area (Å²) in [5, 5.41) is 0. The molecule has 2 aliphatic heterocycles. The molecule has 6 nitrogen and oxygen atoms in total. The maximum Gasteiger partial charge on any atom is 0.239 e. The normalized spacial score (nSPS) is 23.5. The van der Waals surface area contributed by atoms with Crippen LogP contribution in [0.5, 0.6) is 0 Å². The molecular formula is C24H22N2O4. The monoisotopic (exact) mass is 402 g/mol. The Labute approximate surface area is 174 Å². The van der Waals surface area contributed by atoms with Crippen molar-refractivity contribution in [2.45, 2.75) is 18.8 Å². The summed E-state index contributed by atoms with van der Waals surface area (Å²) in [6.45, 7) is 1.67. The number of nitrogens with zero attached hydrogens (tertiary/aromatic N) is 2. The molecule has 152 valence electrons. The van der Waals surface area contributed by atoms with Crippen LogP contribution in [-0.2, 0) is 19.8 Å². The average Bonchev–Trinajstić information content (AvgIpc) is 2.95. The maximum absolute atomic E-state index is 13.7. The van der Waals surface area contributed by atoms with Crippen LogP contribution in [-0.4, -0.2) is 42.4 Å². The van der Waals surface area contributed by atoms with Gasteiger partial charge in [-0.15, -0.1) is 0 Å².